The fraction of sp³-hybridized carbons (Fsp3) is 0. The Kier molecular flexibility index (Phi) is 6.57. The van der Waals surface area contributed by atoms with Gasteiger partial charge in [-0.2, -0.15) is 5.10 Å². The van der Waals surface area contributed by atoms with E-state index in [2.05, 4.69) is 26.5 Å². The number of rotatable bonds is 5. The number of hydrogen-bond acceptors (Lipinski definition) is 4. The van der Waals surface area contributed by atoms with Crippen molar-refractivity contribution in [2.75, 3.05) is 0 Å². The molecule has 0 saturated carbocycles. The van der Waals surface area contributed by atoms with Gasteiger partial charge in [0.2, 0.25) is 0 Å². The van der Waals surface area contributed by atoms with Crippen molar-refractivity contribution in [3.63, 3.8) is 0 Å². The van der Waals surface area contributed by atoms with E-state index in [1.807, 2.05) is 6.07 Å². The molecule has 0 atom stereocenters. The summed E-state index contributed by atoms with van der Waals surface area (Å²) in [6, 6.07) is 20.3. The lowest BCUT2D eigenvalue weighted by Gasteiger charge is -2.05. The summed E-state index contributed by atoms with van der Waals surface area (Å²) in [6.45, 7) is 0. The van der Waals surface area contributed by atoms with Crippen LogP contribution in [-0.2, 0) is 0 Å². The number of esters is 1. The molecule has 0 aliphatic carbocycles. The van der Waals surface area contributed by atoms with Crippen molar-refractivity contribution in [1.82, 2.24) is 5.43 Å². The number of ether oxygens (including phenoxy) is 1. The summed E-state index contributed by atoms with van der Waals surface area (Å²) in [5, 5.41) is 4.49. The van der Waals surface area contributed by atoms with Crippen LogP contribution in [0, 0.1) is 0 Å². The maximum absolute atomic E-state index is 12.2. The number of carbonyl (C=O) groups is 2. The van der Waals surface area contributed by atoms with E-state index >= 15 is 0 Å². The maximum Gasteiger partial charge on any atom is 0.343 e. The highest BCUT2D eigenvalue weighted by molar-refractivity contribution is 9.10. The largest absolute Gasteiger partial charge is 0.423 e. The molecule has 0 heterocycles. The Morgan fingerprint density at radius 3 is 2.50 bits per heavy atom. The number of halogens is 2. The molecule has 0 unspecified atom stereocenters. The summed E-state index contributed by atoms with van der Waals surface area (Å²) in [4.78, 5) is 24.3. The summed E-state index contributed by atoms with van der Waals surface area (Å²) in [5.41, 5.74) is 3.99. The monoisotopic (exact) mass is 456 g/mol. The molecule has 0 fully saturated rings. The number of amides is 1. The zero-order valence-electron chi connectivity index (χ0n) is 14.4. The van der Waals surface area contributed by atoms with Gasteiger partial charge in [0.1, 0.15) is 5.75 Å². The normalized spacial score (nSPS) is 10.6. The zero-order valence-corrected chi connectivity index (χ0v) is 16.8. The van der Waals surface area contributed by atoms with Crippen LogP contribution in [0.5, 0.6) is 5.75 Å². The first kappa shape index (κ1) is 19.8. The van der Waals surface area contributed by atoms with Gasteiger partial charge >= 0.3 is 5.97 Å². The number of nitrogens with zero attached hydrogens (tertiary/aromatic N) is 1. The summed E-state index contributed by atoms with van der Waals surface area (Å²) in [6.07, 6.45) is 1.47. The minimum atomic E-state index is -0.493. The summed E-state index contributed by atoms with van der Waals surface area (Å²) >= 11 is 9.14. The number of hydrogen-bond donors (Lipinski definition) is 1. The number of hydrazone groups is 1. The van der Waals surface area contributed by atoms with E-state index in [1.165, 1.54) is 6.21 Å². The Hall–Kier alpha value is -2.96. The maximum atomic E-state index is 12.2. The first-order chi connectivity index (χ1) is 13.5. The Labute approximate surface area is 175 Å². The average Bonchev–Trinajstić information content (AvgIpc) is 2.69. The summed E-state index contributed by atoms with van der Waals surface area (Å²) < 4.78 is 6.04. The molecule has 0 aliphatic heterocycles. The van der Waals surface area contributed by atoms with Crippen LogP contribution < -0.4 is 10.2 Å². The minimum Gasteiger partial charge on any atom is -0.423 e. The zero-order chi connectivity index (χ0) is 19.9. The topological polar surface area (TPSA) is 67.8 Å². The van der Waals surface area contributed by atoms with E-state index in [4.69, 9.17) is 16.3 Å². The van der Waals surface area contributed by atoms with Gasteiger partial charge in [-0.15, -0.1) is 0 Å². The molecule has 0 radical (unpaired) electrons. The van der Waals surface area contributed by atoms with E-state index in [9.17, 15) is 9.59 Å². The smallest absolute Gasteiger partial charge is 0.343 e. The molecule has 1 N–H and O–H groups in total. The SMILES string of the molecule is O=C(Oc1cccc(C=NNC(=O)c2ccccc2Br)c1)c1ccc(Cl)cc1. The van der Waals surface area contributed by atoms with Crippen molar-refractivity contribution in [2.45, 2.75) is 0 Å². The molecule has 140 valence electrons. The Morgan fingerprint density at radius 2 is 1.75 bits per heavy atom. The molecule has 3 aromatic carbocycles. The van der Waals surface area contributed by atoms with Crippen molar-refractivity contribution in [1.29, 1.82) is 0 Å². The molecule has 1 amide bonds. The third-order valence-corrected chi connectivity index (χ3v) is 4.59. The van der Waals surface area contributed by atoms with E-state index in [0.29, 0.717) is 31.9 Å². The summed E-state index contributed by atoms with van der Waals surface area (Å²) in [7, 11) is 0. The van der Waals surface area contributed by atoms with Gasteiger partial charge in [-0.1, -0.05) is 35.9 Å². The molecule has 5 nitrogen and oxygen atoms in total. The highest BCUT2D eigenvalue weighted by Crippen LogP contribution is 2.17. The molecule has 0 bridgehead atoms. The van der Waals surface area contributed by atoms with Crippen molar-refractivity contribution in [2.24, 2.45) is 5.10 Å². The lowest BCUT2D eigenvalue weighted by Crippen LogP contribution is -2.18. The Balaban J connectivity index is 1.63. The Morgan fingerprint density at radius 1 is 1.00 bits per heavy atom. The van der Waals surface area contributed by atoms with Gasteiger partial charge in [0.25, 0.3) is 5.91 Å². The molecule has 0 aromatic heterocycles. The van der Waals surface area contributed by atoms with Gasteiger partial charge in [0.05, 0.1) is 17.3 Å². The molecule has 7 heteroatoms. The molecule has 3 aromatic rings. The van der Waals surface area contributed by atoms with E-state index < -0.39 is 5.97 Å². The molecule has 0 spiro atoms. The fourth-order valence-corrected chi connectivity index (χ4v) is 2.87. The van der Waals surface area contributed by atoms with Crippen LogP contribution in [0.2, 0.25) is 5.02 Å². The second kappa shape index (κ2) is 9.30. The van der Waals surface area contributed by atoms with Crippen LogP contribution in [0.4, 0.5) is 0 Å². The Bertz CT molecular complexity index is 1040. The average molecular weight is 458 g/mol. The third kappa shape index (κ3) is 5.28. The number of nitrogens with one attached hydrogen (secondary N) is 1. The second-order valence-electron chi connectivity index (χ2n) is 5.65. The third-order valence-electron chi connectivity index (χ3n) is 3.65. The lowest BCUT2D eigenvalue weighted by molar-refractivity contribution is 0.0734. The van der Waals surface area contributed by atoms with Crippen LogP contribution in [0.15, 0.2) is 82.4 Å². The molecule has 0 saturated heterocycles. The quantitative estimate of drug-likeness (QED) is 0.251. The second-order valence-corrected chi connectivity index (χ2v) is 6.94. The molecular weight excluding hydrogens is 444 g/mol. The van der Waals surface area contributed by atoms with Crippen LogP contribution in [0.25, 0.3) is 0 Å². The molecule has 3 rings (SSSR count). The van der Waals surface area contributed by atoms with Gasteiger partial charge in [-0.05, 0) is 70.0 Å². The van der Waals surface area contributed by atoms with Crippen molar-refractivity contribution in [3.05, 3.63) is 99.0 Å². The van der Waals surface area contributed by atoms with E-state index in [1.54, 1.807) is 66.7 Å². The van der Waals surface area contributed by atoms with Crippen LogP contribution >= 0.6 is 27.5 Å². The fourth-order valence-electron chi connectivity index (χ4n) is 2.28. The number of carbonyl (C=O) groups excluding carboxylic acids is 2. The van der Waals surface area contributed by atoms with E-state index in [-0.39, 0.29) is 5.91 Å². The highest BCUT2D eigenvalue weighted by atomic mass is 79.9. The van der Waals surface area contributed by atoms with Gasteiger partial charge in [0, 0.05) is 9.50 Å². The highest BCUT2D eigenvalue weighted by Gasteiger charge is 2.09. The van der Waals surface area contributed by atoms with Crippen molar-refractivity contribution < 1.29 is 14.3 Å². The number of benzene rings is 3. The summed E-state index contributed by atoms with van der Waals surface area (Å²) in [5.74, 6) is -0.469. The van der Waals surface area contributed by atoms with Crippen molar-refractivity contribution in [3.8, 4) is 5.75 Å². The van der Waals surface area contributed by atoms with Gasteiger partial charge in [-0.3, -0.25) is 4.79 Å². The lowest BCUT2D eigenvalue weighted by atomic mass is 10.2. The predicted octanol–water partition coefficient (Wildman–Crippen LogP) is 5.09. The van der Waals surface area contributed by atoms with Crippen LogP contribution in [0.1, 0.15) is 26.3 Å². The van der Waals surface area contributed by atoms with Gasteiger partial charge < -0.3 is 4.74 Å². The van der Waals surface area contributed by atoms with E-state index in [0.717, 1.165) is 0 Å². The first-order valence-corrected chi connectivity index (χ1v) is 9.36. The van der Waals surface area contributed by atoms with Crippen LogP contribution in [0.3, 0.4) is 0 Å². The molecule has 28 heavy (non-hydrogen) atoms. The predicted molar refractivity (Wildman–Crippen MR) is 112 cm³/mol. The molecular formula is C21H14BrClN2O3. The first-order valence-electron chi connectivity index (χ1n) is 8.19. The van der Waals surface area contributed by atoms with Gasteiger partial charge in [0.15, 0.2) is 0 Å². The standard InChI is InChI=1S/C21H14BrClN2O3/c22-19-7-2-1-6-18(19)20(26)25-24-13-14-4-3-5-17(12-14)28-21(27)15-8-10-16(23)11-9-15/h1-13H,(H,25,26). The van der Waals surface area contributed by atoms with Gasteiger partial charge in [-0.25, -0.2) is 10.2 Å². The van der Waals surface area contributed by atoms with Crippen molar-refractivity contribution >= 4 is 45.6 Å². The van der Waals surface area contributed by atoms with Crippen LogP contribution in [-0.4, -0.2) is 18.1 Å². The minimum absolute atomic E-state index is 0.339. The molecule has 0 aliphatic rings.